The molecule has 0 spiro atoms. The summed E-state index contributed by atoms with van der Waals surface area (Å²) in [5.74, 6) is 0.559. The molecule has 1 aromatic carbocycles. The Balaban J connectivity index is 1.45. The van der Waals surface area contributed by atoms with Gasteiger partial charge in [-0.15, -0.1) is 0 Å². The Morgan fingerprint density at radius 2 is 1.83 bits per heavy atom. The molecule has 1 aliphatic heterocycles. The number of hydrogen-bond acceptors (Lipinski definition) is 4. The van der Waals surface area contributed by atoms with Gasteiger partial charge in [0.25, 0.3) is 5.91 Å². The van der Waals surface area contributed by atoms with Gasteiger partial charge < -0.3 is 5.32 Å². The quantitative estimate of drug-likeness (QED) is 0.643. The van der Waals surface area contributed by atoms with Crippen molar-refractivity contribution in [3.05, 3.63) is 77.2 Å². The monoisotopic (exact) mass is 423 g/mol. The number of nitrogens with zero attached hydrogens (tertiary/aromatic N) is 4. The number of benzene rings is 1. The van der Waals surface area contributed by atoms with Gasteiger partial charge in [0.2, 0.25) is 0 Å². The maximum atomic E-state index is 12.8. The zero-order valence-electron chi connectivity index (χ0n) is 16.9. The summed E-state index contributed by atoms with van der Waals surface area (Å²) in [6.07, 6.45) is 10.0. The normalized spacial score (nSPS) is 16.0. The van der Waals surface area contributed by atoms with E-state index in [0.717, 1.165) is 18.1 Å². The maximum Gasteiger partial charge on any atom is 0.252 e. The zero-order valence-corrected chi connectivity index (χ0v) is 17.6. The third-order valence-corrected chi connectivity index (χ3v) is 5.79. The Kier molecular flexibility index (Phi) is 6.77. The molecule has 0 aliphatic carbocycles. The van der Waals surface area contributed by atoms with Crippen LogP contribution in [0.2, 0.25) is 5.02 Å². The fourth-order valence-corrected chi connectivity index (χ4v) is 4.03. The van der Waals surface area contributed by atoms with E-state index < -0.39 is 0 Å². The lowest BCUT2D eigenvalue weighted by Crippen LogP contribution is -2.38. The van der Waals surface area contributed by atoms with Crippen LogP contribution in [0.3, 0.4) is 0 Å². The fraction of sp³-hybridized carbons (Fsp3) is 0.348. The summed E-state index contributed by atoms with van der Waals surface area (Å²) >= 11 is 6.09. The van der Waals surface area contributed by atoms with Crippen molar-refractivity contribution in [2.45, 2.75) is 31.7 Å². The highest BCUT2D eigenvalue weighted by Gasteiger charge is 2.22. The molecule has 156 valence electrons. The number of carbonyl (C=O) groups excluding carboxylic acids is 1. The van der Waals surface area contributed by atoms with Crippen LogP contribution >= 0.6 is 11.6 Å². The van der Waals surface area contributed by atoms with Crippen molar-refractivity contribution in [3.63, 3.8) is 0 Å². The lowest BCUT2D eigenvalue weighted by atomic mass is 10.0. The van der Waals surface area contributed by atoms with Crippen LogP contribution in [0.4, 0.5) is 0 Å². The number of likely N-dealkylation sites (tertiary alicyclic amines) is 1. The van der Waals surface area contributed by atoms with Crippen molar-refractivity contribution in [2.75, 3.05) is 19.6 Å². The maximum absolute atomic E-state index is 12.8. The Morgan fingerprint density at radius 3 is 2.47 bits per heavy atom. The van der Waals surface area contributed by atoms with Gasteiger partial charge in [-0.3, -0.25) is 9.69 Å². The van der Waals surface area contributed by atoms with Crippen molar-refractivity contribution in [2.24, 2.45) is 0 Å². The molecular weight excluding hydrogens is 398 g/mol. The van der Waals surface area contributed by atoms with Crippen LogP contribution in [0.5, 0.6) is 0 Å². The standard InChI is InChI=1S/C23H26ClN5O/c24-20-9-6-18(7-10-20)21(28-13-3-1-2-4-14-28)17-26-23(30)19-8-11-22(25-16-19)29-15-5-12-27-29/h5-12,15-16,21H,1-4,13-14,17H2,(H,26,30)/t21-/m1/s1. The first kappa shape index (κ1) is 20.6. The molecule has 7 heteroatoms. The third kappa shape index (κ3) is 5.07. The van der Waals surface area contributed by atoms with Crippen LogP contribution in [-0.2, 0) is 0 Å². The number of halogens is 1. The van der Waals surface area contributed by atoms with Crippen LogP contribution < -0.4 is 5.32 Å². The summed E-state index contributed by atoms with van der Waals surface area (Å²) in [6.45, 7) is 2.63. The summed E-state index contributed by atoms with van der Waals surface area (Å²) in [5, 5.41) is 7.99. The molecule has 0 radical (unpaired) electrons. The summed E-state index contributed by atoms with van der Waals surface area (Å²) in [7, 11) is 0. The van der Waals surface area contributed by atoms with Crippen molar-refractivity contribution >= 4 is 17.5 Å². The van der Waals surface area contributed by atoms with E-state index in [-0.39, 0.29) is 11.9 Å². The van der Waals surface area contributed by atoms with Crippen LogP contribution in [0.1, 0.15) is 47.6 Å². The fourth-order valence-electron chi connectivity index (χ4n) is 3.90. The molecule has 4 rings (SSSR count). The molecule has 0 unspecified atom stereocenters. The molecule has 3 heterocycles. The number of hydrogen-bond donors (Lipinski definition) is 1. The molecule has 1 N–H and O–H groups in total. The topological polar surface area (TPSA) is 63.1 Å². The Labute approximate surface area is 181 Å². The first-order valence-corrected chi connectivity index (χ1v) is 10.8. The molecule has 1 atom stereocenters. The van der Waals surface area contributed by atoms with E-state index in [2.05, 4.69) is 32.4 Å². The highest BCUT2D eigenvalue weighted by molar-refractivity contribution is 6.30. The van der Waals surface area contributed by atoms with Gasteiger partial charge in [-0.2, -0.15) is 5.10 Å². The summed E-state index contributed by atoms with van der Waals surface area (Å²) in [4.78, 5) is 19.6. The van der Waals surface area contributed by atoms with Gasteiger partial charge in [0, 0.05) is 30.2 Å². The van der Waals surface area contributed by atoms with Gasteiger partial charge in [0.1, 0.15) is 0 Å². The van der Waals surface area contributed by atoms with Crippen molar-refractivity contribution in [3.8, 4) is 5.82 Å². The van der Waals surface area contributed by atoms with Gasteiger partial charge in [-0.05, 0) is 61.8 Å². The van der Waals surface area contributed by atoms with Crippen LogP contribution in [0.15, 0.2) is 61.1 Å². The average Bonchev–Trinajstić information content (AvgIpc) is 3.19. The molecule has 1 fully saturated rings. The van der Waals surface area contributed by atoms with Gasteiger partial charge in [-0.1, -0.05) is 36.6 Å². The number of rotatable bonds is 6. The van der Waals surface area contributed by atoms with Gasteiger partial charge in [0.05, 0.1) is 11.6 Å². The van der Waals surface area contributed by atoms with E-state index in [1.54, 1.807) is 29.2 Å². The van der Waals surface area contributed by atoms with Crippen LogP contribution in [-0.4, -0.2) is 45.2 Å². The average molecular weight is 424 g/mol. The SMILES string of the molecule is O=C(NC[C@H](c1ccc(Cl)cc1)N1CCCCCC1)c1ccc(-n2cccn2)nc1. The third-order valence-electron chi connectivity index (χ3n) is 5.54. The van der Waals surface area contributed by atoms with E-state index in [9.17, 15) is 4.79 Å². The van der Waals surface area contributed by atoms with Crippen molar-refractivity contribution < 1.29 is 4.79 Å². The lowest BCUT2D eigenvalue weighted by Gasteiger charge is -2.31. The van der Waals surface area contributed by atoms with Gasteiger partial charge in [0.15, 0.2) is 5.82 Å². The number of nitrogens with one attached hydrogen (secondary N) is 1. The van der Waals surface area contributed by atoms with E-state index in [1.807, 2.05) is 24.4 Å². The summed E-state index contributed by atoms with van der Waals surface area (Å²) in [6, 6.07) is 13.5. The van der Waals surface area contributed by atoms with E-state index in [0.29, 0.717) is 17.9 Å². The predicted octanol–water partition coefficient (Wildman–Crippen LogP) is 4.27. The van der Waals surface area contributed by atoms with Crippen LogP contribution in [0, 0.1) is 0 Å². The number of aromatic nitrogens is 3. The number of carbonyl (C=O) groups is 1. The molecule has 30 heavy (non-hydrogen) atoms. The smallest absolute Gasteiger partial charge is 0.252 e. The zero-order chi connectivity index (χ0) is 20.8. The number of amides is 1. The second kappa shape index (κ2) is 9.87. The minimum Gasteiger partial charge on any atom is -0.350 e. The summed E-state index contributed by atoms with van der Waals surface area (Å²) < 4.78 is 1.66. The second-order valence-electron chi connectivity index (χ2n) is 7.58. The highest BCUT2D eigenvalue weighted by atomic mass is 35.5. The first-order valence-electron chi connectivity index (χ1n) is 10.4. The molecule has 1 amide bonds. The molecule has 3 aromatic rings. The van der Waals surface area contributed by atoms with Crippen molar-refractivity contribution in [1.82, 2.24) is 25.0 Å². The molecule has 1 saturated heterocycles. The van der Waals surface area contributed by atoms with Crippen molar-refractivity contribution in [1.29, 1.82) is 0 Å². The summed E-state index contributed by atoms with van der Waals surface area (Å²) in [5.41, 5.74) is 1.71. The van der Waals surface area contributed by atoms with E-state index in [1.165, 1.54) is 31.2 Å². The Morgan fingerprint density at radius 1 is 1.07 bits per heavy atom. The van der Waals surface area contributed by atoms with Gasteiger partial charge >= 0.3 is 0 Å². The van der Waals surface area contributed by atoms with E-state index >= 15 is 0 Å². The molecule has 6 nitrogen and oxygen atoms in total. The highest BCUT2D eigenvalue weighted by Crippen LogP contribution is 2.25. The molecule has 1 aliphatic rings. The predicted molar refractivity (Wildman–Crippen MR) is 118 cm³/mol. The molecule has 0 saturated carbocycles. The molecular formula is C23H26ClN5O. The minimum absolute atomic E-state index is 0.122. The Bertz CT molecular complexity index is 933. The second-order valence-corrected chi connectivity index (χ2v) is 8.02. The molecule has 0 bridgehead atoms. The minimum atomic E-state index is -0.122. The van der Waals surface area contributed by atoms with E-state index in [4.69, 9.17) is 11.6 Å². The Hall–Kier alpha value is -2.70. The largest absolute Gasteiger partial charge is 0.350 e. The lowest BCUT2D eigenvalue weighted by molar-refractivity contribution is 0.0933. The van der Waals surface area contributed by atoms with Gasteiger partial charge in [-0.25, -0.2) is 9.67 Å². The number of pyridine rings is 1. The van der Waals surface area contributed by atoms with Crippen LogP contribution in [0.25, 0.3) is 5.82 Å². The first-order chi connectivity index (χ1) is 14.7. The molecule has 2 aromatic heterocycles.